The Balaban J connectivity index is 1.82. The molecule has 7 nitrogen and oxygen atoms in total. The van der Waals surface area contributed by atoms with Gasteiger partial charge < -0.3 is 19.8 Å². The van der Waals surface area contributed by atoms with E-state index in [2.05, 4.69) is 11.5 Å². The number of hydrogen-bond acceptors (Lipinski definition) is 6. The van der Waals surface area contributed by atoms with Crippen LogP contribution >= 0.6 is 0 Å². The molecule has 29 heavy (non-hydrogen) atoms. The molecule has 1 aliphatic heterocycles. The highest BCUT2D eigenvalue weighted by molar-refractivity contribution is 5.98. The number of rotatable bonds is 2. The maximum atomic E-state index is 13.6. The minimum absolute atomic E-state index is 0.00410. The van der Waals surface area contributed by atoms with Crippen LogP contribution in [0.25, 0.3) is 0 Å². The zero-order chi connectivity index (χ0) is 21.1. The summed E-state index contributed by atoms with van der Waals surface area (Å²) in [4.78, 5) is 41.7. The number of nitrogens with zero attached hydrogens (tertiary/aromatic N) is 1. The van der Waals surface area contributed by atoms with Gasteiger partial charge in [-0.2, -0.15) is 0 Å². The molecule has 7 heteroatoms. The van der Waals surface area contributed by atoms with E-state index in [1.54, 1.807) is 0 Å². The van der Waals surface area contributed by atoms with Gasteiger partial charge in [0.2, 0.25) is 0 Å². The molecule has 9 atom stereocenters. The van der Waals surface area contributed by atoms with Crippen molar-refractivity contribution in [1.82, 2.24) is 4.90 Å². The van der Waals surface area contributed by atoms with Crippen molar-refractivity contribution in [3.8, 4) is 0 Å². The molecule has 5 saturated carbocycles. The molecule has 5 aliphatic carbocycles. The van der Waals surface area contributed by atoms with Gasteiger partial charge in [0.1, 0.15) is 5.78 Å². The second-order valence-electron chi connectivity index (χ2n) is 10.5. The number of aliphatic hydroxyl groups excluding tert-OH is 1. The van der Waals surface area contributed by atoms with Crippen LogP contribution in [0.2, 0.25) is 0 Å². The van der Waals surface area contributed by atoms with E-state index in [-0.39, 0.29) is 23.7 Å². The molecule has 1 spiro atoms. The summed E-state index contributed by atoms with van der Waals surface area (Å²) in [5.74, 6) is -3.27. The Morgan fingerprint density at radius 1 is 1.31 bits per heavy atom. The van der Waals surface area contributed by atoms with Crippen molar-refractivity contribution < 1.29 is 29.3 Å². The first-order valence-corrected chi connectivity index (χ1v) is 10.5. The van der Waals surface area contributed by atoms with Crippen molar-refractivity contribution in [2.75, 3.05) is 20.7 Å². The molecule has 2 N–H and O–H groups in total. The lowest BCUT2D eigenvalue weighted by molar-refractivity contribution is -0.205. The molecule has 0 aromatic heterocycles. The van der Waals surface area contributed by atoms with Crippen LogP contribution in [0.15, 0.2) is 12.2 Å². The Hall–Kier alpha value is -1.73. The molecule has 6 rings (SSSR count). The average molecular weight is 403 g/mol. The molecule has 0 aromatic carbocycles. The number of hydrogen-bond donors (Lipinski definition) is 2. The van der Waals surface area contributed by atoms with Crippen molar-refractivity contribution in [2.45, 2.75) is 44.8 Å². The summed E-state index contributed by atoms with van der Waals surface area (Å²) in [7, 11) is 3.28. The summed E-state index contributed by atoms with van der Waals surface area (Å²) < 4.78 is 5.25. The fourth-order valence-corrected chi connectivity index (χ4v) is 9.09. The molecule has 0 aromatic rings. The number of aliphatic carboxylic acids is 1. The molecule has 6 fully saturated rings. The summed E-state index contributed by atoms with van der Waals surface area (Å²) >= 11 is 0. The highest BCUT2D eigenvalue weighted by Gasteiger charge is 2.83. The van der Waals surface area contributed by atoms with E-state index < -0.39 is 46.1 Å². The first-order valence-electron chi connectivity index (χ1n) is 10.5. The number of fused-ring (bicyclic) bond motifs is 2. The van der Waals surface area contributed by atoms with Crippen molar-refractivity contribution in [3.05, 3.63) is 12.2 Å². The predicted molar refractivity (Wildman–Crippen MR) is 102 cm³/mol. The third kappa shape index (κ3) is 1.90. The zero-order valence-electron chi connectivity index (χ0n) is 17.2. The van der Waals surface area contributed by atoms with Gasteiger partial charge in [0.25, 0.3) is 0 Å². The normalized spacial score (nSPS) is 53.0. The number of piperidine rings is 1. The second-order valence-corrected chi connectivity index (χ2v) is 10.5. The fraction of sp³-hybridized carbons (Fsp3) is 0.773. The van der Waals surface area contributed by atoms with Crippen LogP contribution in [0.3, 0.4) is 0 Å². The molecule has 158 valence electrons. The Bertz CT molecular complexity index is 854. The molecule has 0 radical (unpaired) electrons. The lowest BCUT2D eigenvalue weighted by atomic mass is 9.44. The van der Waals surface area contributed by atoms with E-state index in [4.69, 9.17) is 4.74 Å². The number of allylic oxidation sites excluding steroid dienone is 1. The van der Waals surface area contributed by atoms with E-state index in [9.17, 15) is 24.6 Å². The number of ketones is 1. The molecule has 9 unspecified atom stereocenters. The van der Waals surface area contributed by atoms with E-state index >= 15 is 0 Å². The first-order chi connectivity index (χ1) is 13.5. The molecule has 6 bridgehead atoms. The van der Waals surface area contributed by atoms with Crippen LogP contribution in [0.5, 0.6) is 0 Å². The molecule has 0 amide bonds. The van der Waals surface area contributed by atoms with Gasteiger partial charge in [0.15, 0.2) is 0 Å². The third-order valence-corrected chi connectivity index (χ3v) is 9.25. The summed E-state index contributed by atoms with van der Waals surface area (Å²) in [6, 6.07) is -0.388. The number of likely N-dealkylation sites (tertiary alicyclic amines) is 1. The van der Waals surface area contributed by atoms with E-state index in [0.717, 1.165) is 5.57 Å². The van der Waals surface area contributed by atoms with Crippen molar-refractivity contribution in [3.63, 3.8) is 0 Å². The average Bonchev–Trinajstić information content (AvgIpc) is 2.78. The molecule has 1 saturated heterocycles. The van der Waals surface area contributed by atoms with Crippen molar-refractivity contribution in [2.24, 2.45) is 39.9 Å². The number of carbonyl (C=O) groups excluding carboxylic acids is 2. The number of aliphatic hydroxyl groups is 1. The highest BCUT2D eigenvalue weighted by atomic mass is 16.5. The number of carboxylic acid groups (broad SMARTS) is 1. The predicted octanol–water partition coefficient (Wildman–Crippen LogP) is 1.10. The molecular formula is C22H29NO6. The van der Waals surface area contributed by atoms with Gasteiger partial charge in [-0.05, 0) is 44.1 Å². The SMILES string of the molecule is C=C1CC2(C(=O)OC)C3C(=O)C1CC2C12CC(O)CC(C)(CN(C)C31)C2C(=O)O. The van der Waals surface area contributed by atoms with Gasteiger partial charge >= 0.3 is 11.9 Å². The van der Waals surface area contributed by atoms with E-state index in [1.165, 1.54) is 7.11 Å². The zero-order valence-corrected chi connectivity index (χ0v) is 17.2. The standard InChI is InChI=1S/C22H29NO6/c1-10-6-21(19(28)29-4)13-5-12(10)15(25)14(21)17-22(13)8-11(24)7-20(2,9-23(17)3)16(22)18(26)27/h11-14,16-17,24H,1,5-9H2,2-4H3,(H,26,27). The number of carbonyl (C=O) groups is 3. The summed E-state index contributed by atoms with van der Waals surface area (Å²) in [6.07, 6.45) is 0.880. The molecule has 6 aliphatic rings. The molecule has 1 heterocycles. The van der Waals surface area contributed by atoms with Crippen LogP contribution < -0.4 is 0 Å². The topological polar surface area (TPSA) is 104 Å². The van der Waals surface area contributed by atoms with Gasteiger partial charge in [-0.15, -0.1) is 0 Å². The van der Waals surface area contributed by atoms with Gasteiger partial charge in [0, 0.05) is 23.9 Å². The number of methoxy groups -OCH3 is 1. The second kappa shape index (κ2) is 5.49. The van der Waals surface area contributed by atoms with Gasteiger partial charge in [-0.25, -0.2) is 0 Å². The Morgan fingerprint density at radius 3 is 2.62 bits per heavy atom. The fourth-order valence-electron chi connectivity index (χ4n) is 9.09. The van der Waals surface area contributed by atoms with Crippen molar-refractivity contribution >= 4 is 17.7 Å². The first kappa shape index (κ1) is 19.2. The molecular weight excluding hydrogens is 374 g/mol. The van der Waals surface area contributed by atoms with Crippen LogP contribution in [0, 0.1) is 39.9 Å². The number of Topliss-reactive ketones (excluding diaryl/α,β-unsaturated/α-hetero) is 1. The third-order valence-electron chi connectivity index (χ3n) is 9.25. The lowest BCUT2D eigenvalue weighted by Crippen LogP contribution is -2.69. The lowest BCUT2D eigenvalue weighted by Gasteiger charge is -2.63. The maximum Gasteiger partial charge on any atom is 0.313 e. The highest BCUT2D eigenvalue weighted by Crippen LogP contribution is 2.77. The minimum atomic E-state index is -1.08. The quantitative estimate of drug-likeness (QED) is 0.526. The van der Waals surface area contributed by atoms with Gasteiger partial charge in [0.05, 0.1) is 30.5 Å². The van der Waals surface area contributed by atoms with E-state index in [1.807, 2.05) is 14.0 Å². The number of ether oxygens (including phenoxy) is 1. The summed E-state index contributed by atoms with van der Waals surface area (Å²) in [5, 5.41) is 21.3. The largest absolute Gasteiger partial charge is 0.481 e. The smallest absolute Gasteiger partial charge is 0.313 e. The maximum absolute atomic E-state index is 13.6. The van der Waals surface area contributed by atoms with Crippen LogP contribution in [0.4, 0.5) is 0 Å². The number of esters is 1. The Kier molecular flexibility index (Phi) is 3.64. The minimum Gasteiger partial charge on any atom is -0.481 e. The monoisotopic (exact) mass is 403 g/mol. The van der Waals surface area contributed by atoms with Gasteiger partial charge in [-0.3, -0.25) is 14.4 Å². The van der Waals surface area contributed by atoms with Crippen LogP contribution in [-0.2, 0) is 19.1 Å². The van der Waals surface area contributed by atoms with Gasteiger partial charge in [-0.1, -0.05) is 19.1 Å². The van der Waals surface area contributed by atoms with Crippen LogP contribution in [0.1, 0.15) is 32.6 Å². The summed E-state index contributed by atoms with van der Waals surface area (Å²) in [5.41, 5.74) is -1.78. The number of carboxylic acids is 1. The Morgan fingerprint density at radius 2 is 2.00 bits per heavy atom. The summed E-state index contributed by atoms with van der Waals surface area (Å²) in [6.45, 7) is 6.51. The van der Waals surface area contributed by atoms with E-state index in [0.29, 0.717) is 32.2 Å². The van der Waals surface area contributed by atoms with Crippen LogP contribution in [-0.4, -0.2) is 65.7 Å². The Labute approximate surface area is 170 Å². The van der Waals surface area contributed by atoms with Crippen molar-refractivity contribution in [1.29, 1.82) is 0 Å².